The highest BCUT2D eigenvalue weighted by atomic mass is 16.5. The molecule has 1 aromatic carbocycles. The van der Waals surface area contributed by atoms with Gasteiger partial charge in [0.25, 0.3) is 0 Å². The van der Waals surface area contributed by atoms with Crippen LogP contribution in [0.25, 0.3) is 0 Å². The largest absolute Gasteiger partial charge is 0.490 e. The van der Waals surface area contributed by atoms with E-state index in [0.29, 0.717) is 5.75 Å². The van der Waals surface area contributed by atoms with Crippen LogP contribution in [0.2, 0.25) is 0 Å². The van der Waals surface area contributed by atoms with Gasteiger partial charge in [-0.05, 0) is 78.0 Å². The summed E-state index contributed by atoms with van der Waals surface area (Å²) >= 11 is 0. The van der Waals surface area contributed by atoms with Crippen LogP contribution in [0.4, 0.5) is 0 Å². The van der Waals surface area contributed by atoms with Gasteiger partial charge in [-0.1, -0.05) is 0 Å². The van der Waals surface area contributed by atoms with Crippen LogP contribution in [0.15, 0.2) is 0 Å². The van der Waals surface area contributed by atoms with E-state index in [0.717, 1.165) is 35.3 Å². The fourth-order valence-electron chi connectivity index (χ4n) is 2.62. The topological polar surface area (TPSA) is 35.5 Å². The van der Waals surface area contributed by atoms with Gasteiger partial charge >= 0.3 is 5.97 Å². The van der Waals surface area contributed by atoms with Gasteiger partial charge in [-0.25, -0.2) is 0 Å². The lowest BCUT2D eigenvalue weighted by atomic mass is 9.91. The molecule has 0 fully saturated rings. The van der Waals surface area contributed by atoms with Crippen LogP contribution in [0.5, 0.6) is 11.5 Å². The third-order valence-corrected chi connectivity index (χ3v) is 4.24. The number of rotatable bonds is 1. The Morgan fingerprint density at radius 1 is 1.14 bits per heavy atom. The Kier molecular flexibility index (Phi) is 4.05. The van der Waals surface area contributed by atoms with Gasteiger partial charge in [-0.3, -0.25) is 4.79 Å². The van der Waals surface area contributed by atoms with E-state index in [-0.39, 0.29) is 12.1 Å². The normalized spacial score (nSPS) is 18.0. The predicted octanol–water partition coefficient (Wildman–Crippen LogP) is 4.28. The molecule has 21 heavy (non-hydrogen) atoms. The maximum Gasteiger partial charge on any atom is 0.316 e. The lowest BCUT2D eigenvalue weighted by molar-refractivity contribution is -0.143. The Hall–Kier alpha value is -1.51. The molecule has 0 N–H and O–H groups in total. The third-order valence-electron chi connectivity index (χ3n) is 4.24. The van der Waals surface area contributed by atoms with Crippen LogP contribution in [-0.4, -0.2) is 12.1 Å². The van der Waals surface area contributed by atoms with Crippen molar-refractivity contribution >= 4 is 5.97 Å². The van der Waals surface area contributed by atoms with E-state index in [1.54, 1.807) is 0 Å². The average Bonchev–Trinajstić information content (AvgIpc) is 2.39. The molecular formula is C18H26O3. The third kappa shape index (κ3) is 2.92. The van der Waals surface area contributed by atoms with E-state index < -0.39 is 5.41 Å². The molecule has 116 valence electrons. The lowest BCUT2D eigenvalue weighted by Gasteiger charge is -2.29. The molecule has 1 aromatic rings. The van der Waals surface area contributed by atoms with Gasteiger partial charge in [0, 0.05) is 5.56 Å². The Labute approximate surface area is 127 Å². The average molecular weight is 290 g/mol. The summed E-state index contributed by atoms with van der Waals surface area (Å²) in [5.74, 6) is 1.50. The van der Waals surface area contributed by atoms with Gasteiger partial charge in [0.2, 0.25) is 0 Å². The van der Waals surface area contributed by atoms with Crippen LogP contribution in [0.3, 0.4) is 0 Å². The summed E-state index contributed by atoms with van der Waals surface area (Å²) in [5.41, 5.74) is 3.80. The van der Waals surface area contributed by atoms with Gasteiger partial charge in [-0.2, -0.15) is 0 Å². The van der Waals surface area contributed by atoms with E-state index in [1.165, 1.54) is 5.56 Å². The predicted molar refractivity (Wildman–Crippen MR) is 84.2 cm³/mol. The van der Waals surface area contributed by atoms with Crippen molar-refractivity contribution in [3.63, 3.8) is 0 Å². The fourth-order valence-corrected chi connectivity index (χ4v) is 2.62. The van der Waals surface area contributed by atoms with Crippen molar-refractivity contribution in [1.29, 1.82) is 0 Å². The van der Waals surface area contributed by atoms with Crippen molar-refractivity contribution in [1.82, 2.24) is 0 Å². The number of ether oxygens (including phenoxy) is 2. The van der Waals surface area contributed by atoms with Crippen molar-refractivity contribution in [2.75, 3.05) is 0 Å². The van der Waals surface area contributed by atoms with Crippen molar-refractivity contribution in [2.45, 2.75) is 67.4 Å². The molecule has 3 nitrogen and oxygen atoms in total. The molecule has 0 saturated heterocycles. The standard InChI is InChI=1S/C18H26O3/c1-10-8-9-14-13(4)15(21-17(19)18(5,6)7)11(2)12(3)16(14)20-10/h10H,8-9H2,1-7H3. The van der Waals surface area contributed by atoms with Crippen LogP contribution in [0.1, 0.15) is 56.4 Å². The minimum atomic E-state index is -0.506. The van der Waals surface area contributed by atoms with E-state index in [4.69, 9.17) is 9.47 Å². The fraction of sp³-hybridized carbons (Fsp3) is 0.611. The van der Waals surface area contributed by atoms with Gasteiger partial charge < -0.3 is 9.47 Å². The summed E-state index contributed by atoms with van der Waals surface area (Å²) in [6, 6.07) is 0. The van der Waals surface area contributed by atoms with E-state index in [9.17, 15) is 4.79 Å². The second-order valence-corrected chi connectivity index (χ2v) is 7.12. The Balaban J connectivity index is 2.49. The highest BCUT2D eigenvalue weighted by Gasteiger charge is 2.29. The Morgan fingerprint density at radius 3 is 2.33 bits per heavy atom. The number of hydrogen-bond acceptors (Lipinski definition) is 3. The minimum Gasteiger partial charge on any atom is -0.490 e. The molecule has 0 bridgehead atoms. The number of fused-ring (bicyclic) bond motifs is 1. The summed E-state index contributed by atoms with van der Waals surface area (Å²) in [5, 5.41) is 0. The number of esters is 1. The summed E-state index contributed by atoms with van der Waals surface area (Å²) in [6.07, 6.45) is 2.23. The summed E-state index contributed by atoms with van der Waals surface area (Å²) in [6.45, 7) is 13.8. The summed E-state index contributed by atoms with van der Waals surface area (Å²) < 4.78 is 11.7. The van der Waals surface area contributed by atoms with Gasteiger partial charge in [-0.15, -0.1) is 0 Å². The Bertz CT molecular complexity index is 579. The number of carbonyl (C=O) groups is 1. The molecule has 0 aromatic heterocycles. The zero-order valence-electron chi connectivity index (χ0n) is 14.2. The maximum atomic E-state index is 12.2. The van der Waals surface area contributed by atoms with Gasteiger partial charge in [0.15, 0.2) is 0 Å². The van der Waals surface area contributed by atoms with Crippen LogP contribution in [-0.2, 0) is 11.2 Å². The molecule has 2 rings (SSSR count). The molecule has 0 amide bonds. The Morgan fingerprint density at radius 2 is 1.76 bits per heavy atom. The van der Waals surface area contributed by atoms with Crippen LogP contribution in [0, 0.1) is 26.2 Å². The molecule has 3 heteroatoms. The highest BCUT2D eigenvalue weighted by Crippen LogP contribution is 2.41. The van der Waals surface area contributed by atoms with Gasteiger partial charge in [0.05, 0.1) is 11.5 Å². The van der Waals surface area contributed by atoms with Crippen LogP contribution >= 0.6 is 0 Å². The van der Waals surface area contributed by atoms with Crippen LogP contribution < -0.4 is 9.47 Å². The molecule has 0 aliphatic carbocycles. The highest BCUT2D eigenvalue weighted by molar-refractivity contribution is 5.79. The van der Waals surface area contributed by atoms with Crippen molar-refractivity contribution in [3.05, 3.63) is 22.3 Å². The molecule has 0 radical (unpaired) electrons. The SMILES string of the molecule is Cc1c(C)c2c(c(C)c1OC(=O)C(C)(C)C)CCC(C)O2. The molecular weight excluding hydrogens is 264 g/mol. The molecule has 1 unspecified atom stereocenters. The van der Waals surface area contributed by atoms with E-state index >= 15 is 0 Å². The number of carbonyl (C=O) groups excluding carboxylic acids is 1. The molecule has 0 spiro atoms. The van der Waals surface area contributed by atoms with Gasteiger partial charge in [0.1, 0.15) is 11.5 Å². The molecule has 1 aliphatic rings. The van der Waals surface area contributed by atoms with E-state index in [2.05, 4.69) is 6.92 Å². The minimum absolute atomic E-state index is 0.196. The lowest BCUT2D eigenvalue weighted by Crippen LogP contribution is -2.27. The zero-order valence-corrected chi connectivity index (χ0v) is 14.2. The maximum absolute atomic E-state index is 12.2. The molecule has 1 heterocycles. The first-order valence-electron chi connectivity index (χ1n) is 7.64. The molecule has 1 aliphatic heterocycles. The second-order valence-electron chi connectivity index (χ2n) is 7.12. The monoisotopic (exact) mass is 290 g/mol. The zero-order chi connectivity index (χ0) is 15.9. The van der Waals surface area contributed by atoms with E-state index in [1.807, 2.05) is 41.5 Å². The molecule has 0 saturated carbocycles. The molecule has 1 atom stereocenters. The number of benzene rings is 1. The number of hydrogen-bond donors (Lipinski definition) is 0. The second kappa shape index (κ2) is 5.36. The van der Waals surface area contributed by atoms with Crippen molar-refractivity contribution in [2.24, 2.45) is 5.41 Å². The van der Waals surface area contributed by atoms with Crippen molar-refractivity contribution < 1.29 is 14.3 Å². The summed E-state index contributed by atoms with van der Waals surface area (Å²) in [4.78, 5) is 12.2. The van der Waals surface area contributed by atoms with Crippen molar-refractivity contribution in [3.8, 4) is 11.5 Å². The first kappa shape index (κ1) is 15.9. The smallest absolute Gasteiger partial charge is 0.316 e. The first-order valence-corrected chi connectivity index (χ1v) is 7.64. The summed E-state index contributed by atoms with van der Waals surface area (Å²) in [7, 11) is 0. The quantitative estimate of drug-likeness (QED) is 0.572. The first-order chi connectivity index (χ1) is 9.62.